The molecular weight excluding hydrogens is 358 g/mol. The van der Waals surface area contributed by atoms with E-state index in [9.17, 15) is 4.79 Å². The number of aryl methyl sites for hydroxylation is 1. The molecule has 3 aliphatic carbocycles. The number of hydrogen-bond donors (Lipinski definition) is 1. The zero-order valence-electron chi connectivity index (χ0n) is 18.5. The van der Waals surface area contributed by atoms with E-state index < -0.39 is 0 Å². The minimum absolute atomic E-state index is 0.270. The summed E-state index contributed by atoms with van der Waals surface area (Å²) >= 11 is 0. The monoisotopic (exact) mass is 395 g/mol. The number of hydrogen-bond acceptors (Lipinski definition) is 2. The molecule has 3 nitrogen and oxygen atoms in total. The minimum Gasteiger partial charge on any atom is -0.490 e. The van der Waals surface area contributed by atoms with Crippen LogP contribution in [-0.2, 0) is 4.79 Å². The van der Waals surface area contributed by atoms with E-state index in [4.69, 9.17) is 4.74 Å². The van der Waals surface area contributed by atoms with Gasteiger partial charge in [-0.05, 0) is 92.1 Å². The second-order valence-corrected chi connectivity index (χ2v) is 11.3. The SMILES string of the molecule is Cc1ccc(O[C@H]2CC3C4C(C)C[C@H]5NC(=O)CC[C@]5(C)C4CC[C@]3(C)C2)cc1. The summed E-state index contributed by atoms with van der Waals surface area (Å²) in [6.45, 7) is 9.60. The van der Waals surface area contributed by atoms with Gasteiger partial charge in [0.25, 0.3) is 0 Å². The highest BCUT2D eigenvalue weighted by Gasteiger charge is 2.61. The van der Waals surface area contributed by atoms with Crippen LogP contribution in [0.5, 0.6) is 5.75 Å². The lowest BCUT2D eigenvalue weighted by molar-refractivity contribution is -0.141. The molecule has 0 spiro atoms. The summed E-state index contributed by atoms with van der Waals surface area (Å²) in [7, 11) is 0. The molecule has 4 aliphatic rings. The zero-order valence-corrected chi connectivity index (χ0v) is 18.5. The summed E-state index contributed by atoms with van der Waals surface area (Å²) in [5.41, 5.74) is 1.97. The van der Waals surface area contributed by atoms with E-state index in [2.05, 4.69) is 57.3 Å². The quantitative estimate of drug-likeness (QED) is 0.717. The second-order valence-electron chi connectivity index (χ2n) is 11.3. The van der Waals surface area contributed by atoms with Crippen LogP contribution in [0.4, 0.5) is 0 Å². The van der Waals surface area contributed by atoms with Crippen molar-refractivity contribution in [3.63, 3.8) is 0 Å². The van der Waals surface area contributed by atoms with E-state index in [1.54, 1.807) is 0 Å². The number of amides is 1. The van der Waals surface area contributed by atoms with Crippen LogP contribution in [0.15, 0.2) is 24.3 Å². The smallest absolute Gasteiger partial charge is 0.220 e. The van der Waals surface area contributed by atoms with Crippen molar-refractivity contribution < 1.29 is 9.53 Å². The van der Waals surface area contributed by atoms with Gasteiger partial charge >= 0.3 is 0 Å². The van der Waals surface area contributed by atoms with Gasteiger partial charge in [0.1, 0.15) is 5.75 Å². The first-order valence-electron chi connectivity index (χ1n) is 11.8. The molecule has 0 radical (unpaired) electrons. The molecule has 158 valence electrons. The Bertz CT molecular complexity index is 788. The molecule has 4 unspecified atom stereocenters. The predicted molar refractivity (Wildman–Crippen MR) is 116 cm³/mol. The van der Waals surface area contributed by atoms with Crippen LogP contribution in [0.3, 0.4) is 0 Å². The third-order valence-electron chi connectivity index (χ3n) is 9.52. The number of ether oxygens (including phenoxy) is 1. The lowest BCUT2D eigenvalue weighted by atomic mass is 9.45. The van der Waals surface area contributed by atoms with Crippen molar-refractivity contribution in [3.05, 3.63) is 29.8 Å². The Morgan fingerprint density at radius 2 is 1.83 bits per heavy atom. The van der Waals surface area contributed by atoms with Crippen molar-refractivity contribution in [1.82, 2.24) is 5.32 Å². The van der Waals surface area contributed by atoms with Crippen LogP contribution >= 0.6 is 0 Å². The molecule has 29 heavy (non-hydrogen) atoms. The molecule has 5 rings (SSSR count). The van der Waals surface area contributed by atoms with Crippen LogP contribution in [0.1, 0.15) is 71.3 Å². The van der Waals surface area contributed by atoms with Gasteiger partial charge in [0.2, 0.25) is 5.91 Å². The summed E-state index contributed by atoms with van der Waals surface area (Å²) in [6, 6.07) is 8.93. The lowest BCUT2D eigenvalue weighted by Gasteiger charge is -2.61. The number of carbonyl (C=O) groups is 1. The zero-order chi connectivity index (χ0) is 20.4. The van der Waals surface area contributed by atoms with Crippen molar-refractivity contribution in [2.45, 2.75) is 84.8 Å². The normalized spacial score (nSPS) is 46.3. The lowest BCUT2D eigenvalue weighted by Crippen LogP contribution is -2.62. The topological polar surface area (TPSA) is 38.3 Å². The van der Waals surface area contributed by atoms with Crippen LogP contribution < -0.4 is 10.1 Å². The molecule has 0 bridgehead atoms. The Morgan fingerprint density at radius 1 is 1.07 bits per heavy atom. The van der Waals surface area contributed by atoms with Crippen molar-refractivity contribution >= 4 is 5.91 Å². The minimum atomic E-state index is 0.270. The average Bonchev–Trinajstić information content (AvgIpc) is 3.01. The highest BCUT2D eigenvalue weighted by Crippen LogP contribution is 2.65. The summed E-state index contributed by atoms with van der Waals surface area (Å²) in [6.07, 6.45) is 8.31. The largest absolute Gasteiger partial charge is 0.490 e. The Balaban J connectivity index is 1.38. The standard InChI is InChI=1S/C26H37NO2/c1-16-5-7-18(8-6-16)29-19-14-21-24-17(2)13-22-26(4,12-10-23(28)27-22)20(24)9-11-25(21,3)15-19/h5-8,17,19-22,24H,9-15H2,1-4H3,(H,27,28)/t17?,19-,20?,21?,22+,24?,25+,26+/m0/s1. The van der Waals surface area contributed by atoms with Crippen LogP contribution in [-0.4, -0.2) is 18.1 Å². The van der Waals surface area contributed by atoms with Gasteiger partial charge in [-0.3, -0.25) is 4.79 Å². The van der Waals surface area contributed by atoms with Gasteiger partial charge in [0.15, 0.2) is 0 Å². The van der Waals surface area contributed by atoms with E-state index in [-0.39, 0.29) is 11.3 Å². The first-order valence-corrected chi connectivity index (χ1v) is 11.8. The molecule has 0 aromatic heterocycles. The molecule has 1 amide bonds. The van der Waals surface area contributed by atoms with E-state index in [1.807, 2.05) is 0 Å². The van der Waals surface area contributed by atoms with Gasteiger partial charge in [-0.2, -0.15) is 0 Å². The van der Waals surface area contributed by atoms with Crippen molar-refractivity contribution in [3.8, 4) is 5.75 Å². The highest BCUT2D eigenvalue weighted by molar-refractivity contribution is 5.77. The van der Waals surface area contributed by atoms with Crippen LogP contribution in [0.2, 0.25) is 0 Å². The highest BCUT2D eigenvalue weighted by atomic mass is 16.5. The fraction of sp³-hybridized carbons (Fsp3) is 0.731. The Hall–Kier alpha value is -1.51. The van der Waals surface area contributed by atoms with E-state index >= 15 is 0 Å². The maximum Gasteiger partial charge on any atom is 0.220 e. The van der Waals surface area contributed by atoms with Gasteiger partial charge in [-0.25, -0.2) is 0 Å². The number of carbonyl (C=O) groups excluding carboxylic acids is 1. The number of rotatable bonds is 2. The maximum absolute atomic E-state index is 12.1. The van der Waals surface area contributed by atoms with Gasteiger partial charge in [-0.15, -0.1) is 0 Å². The number of fused-ring (bicyclic) bond motifs is 5. The van der Waals surface area contributed by atoms with Gasteiger partial charge in [0, 0.05) is 12.5 Å². The molecule has 1 saturated heterocycles. The Kier molecular flexibility index (Phi) is 4.53. The summed E-state index contributed by atoms with van der Waals surface area (Å²) in [5, 5.41) is 3.37. The number of benzene rings is 1. The summed E-state index contributed by atoms with van der Waals surface area (Å²) in [5.74, 6) is 4.25. The first-order chi connectivity index (χ1) is 13.8. The average molecular weight is 396 g/mol. The fourth-order valence-corrected chi connectivity index (χ4v) is 7.94. The van der Waals surface area contributed by atoms with Crippen molar-refractivity contribution in [2.75, 3.05) is 0 Å². The van der Waals surface area contributed by atoms with Gasteiger partial charge in [0.05, 0.1) is 6.10 Å². The predicted octanol–water partition coefficient (Wildman–Crippen LogP) is 5.51. The molecular formula is C26H37NO2. The summed E-state index contributed by atoms with van der Waals surface area (Å²) < 4.78 is 6.49. The van der Waals surface area contributed by atoms with Crippen molar-refractivity contribution in [2.24, 2.45) is 34.5 Å². The molecule has 1 aliphatic heterocycles. The van der Waals surface area contributed by atoms with Gasteiger partial charge < -0.3 is 10.1 Å². The van der Waals surface area contributed by atoms with Crippen molar-refractivity contribution in [1.29, 1.82) is 0 Å². The Morgan fingerprint density at radius 3 is 2.59 bits per heavy atom. The third-order valence-corrected chi connectivity index (χ3v) is 9.52. The molecule has 1 aromatic carbocycles. The fourth-order valence-electron chi connectivity index (χ4n) is 7.94. The van der Waals surface area contributed by atoms with Gasteiger partial charge in [-0.1, -0.05) is 38.5 Å². The second kappa shape index (κ2) is 6.75. The van der Waals surface area contributed by atoms with Crippen LogP contribution in [0, 0.1) is 41.4 Å². The molecule has 3 saturated carbocycles. The molecule has 1 heterocycles. The summed E-state index contributed by atoms with van der Waals surface area (Å²) in [4.78, 5) is 12.1. The van der Waals surface area contributed by atoms with Crippen LogP contribution in [0.25, 0.3) is 0 Å². The van der Waals surface area contributed by atoms with E-state index in [1.165, 1.54) is 31.2 Å². The van der Waals surface area contributed by atoms with E-state index in [0.29, 0.717) is 29.9 Å². The first kappa shape index (κ1) is 19.5. The van der Waals surface area contributed by atoms with E-state index in [0.717, 1.165) is 36.3 Å². The molecule has 8 atom stereocenters. The molecule has 1 N–H and O–H groups in total. The number of nitrogens with one attached hydrogen (secondary N) is 1. The molecule has 4 fully saturated rings. The maximum atomic E-state index is 12.1. The third kappa shape index (κ3) is 3.11. The number of piperidine rings is 1. The molecule has 3 heteroatoms. The Labute approximate surface area is 176 Å². The molecule has 1 aromatic rings.